The standard InChI is InChI=1S/C54H105O10P/c1-3-5-7-9-11-13-15-17-19-21-23-25-27-29-31-33-35-37-39-41-43-45-53(57)63-51(47-55)49-61-65(59,60)62-50-52(48-56)64-54(58)46-44-42-40-38-36-34-32-30-28-26-24-22-20-18-16-14-12-10-8-6-4-2/h21,23,51-52,55-56H,3-20,22,24-50H2,1-2H3,(H,59,60)/b23-21-. The van der Waals surface area contributed by atoms with E-state index in [1.807, 2.05) is 0 Å². The van der Waals surface area contributed by atoms with Crippen LogP contribution in [-0.4, -0.2) is 65.7 Å². The van der Waals surface area contributed by atoms with Crippen molar-refractivity contribution in [2.75, 3.05) is 26.4 Å². The van der Waals surface area contributed by atoms with Crippen molar-refractivity contribution in [2.45, 2.75) is 296 Å². The number of hydrogen-bond donors (Lipinski definition) is 3. The lowest BCUT2D eigenvalue weighted by molar-refractivity contribution is -0.153. The first-order chi connectivity index (χ1) is 31.8. The Morgan fingerprint density at radius 1 is 0.400 bits per heavy atom. The number of aliphatic hydroxyl groups is 2. The molecule has 0 aliphatic carbocycles. The van der Waals surface area contributed by atoms with Crippen LogP contribution in [0.25, 0.3) is 0 Å². The highest BCUT2D eigenvalue weighted by atomic mass is 31.2. The Bertz CT molecular complexity index is 1090. The Labute approximate surface area is 400 Å². The van der Waals surface area contributed by atoms with Gasteiger partial charge in [-0.1, -0.05) is 244 Å². The zero-order valence-corrected chi connectivity index (χ0v) is 43.4. The molecule has 0 aliphatic heterocycles. The van der Waals surface area contributed by atoms with Crippen molar-refractivity contribution in [1.82, 2.24) is 0 Å². The van der Waals surface area contributed by atoms with Gasteiger partial charge in [0.1, 0.15) is 12.2 Å². The monoisotopic (exact) mass is 945 g/mol. The summed E-state index contributed by atoms with van der Waals surface area (Å²) in [6, 6.07) is 0. The van der Waals surface area contributed by atoms with Gasteiger partial charge in [-0.2, -0.15) is 0 Å². The average molecular weight is 945 g/mol. The van der Waals surface area contributed by atoms with Gasteiger partial charge in [0.25, 0.3) is 0 Å². The summed E-state index contributed by atoms with van der Waals surface area (Å²) in [6.45, 7) is 2.28. The second-order valence-corrected chi connectivity index (χ2v) is 20.4. The molecule has 0 saturated heterocycles. The highest BCUT2D eigenvalue weighted by Crippen LogP contribution is 2.43. The molecule has 3 unspecified atom stereocenters. The summed E-state index contributed by atoms with van der Waals surface area (Å²) < 4.78 is 32.8. The number of allylic oxidation sites excluding steroid dienone is 2. The Balaban J connectivity index is 3.77. The molecule has 65 heavy (non-hydrogen) atoms. The van der Waals surface area contributed by atoms with E-state index in [1.165, 1.54) is 205 Å². The third-order valence-corrected chi connectivity index (χ3v) is 13.4. The average Bonchev–Trinajstić information content (AvgIpc) is 3.30. The molecular formula is C54H105O10P. The van der Waals surface area contributed by atoms with E-state index in [2.05, 4.69) is 26.0 Å². The molecule has 0 aromatic heterocycles. The molecule has 3 N–H and O–H groups in total. The molecule has 0 aromatic carbocycles. The van der Waals surface area contributed by atoms with Crippen LogP contribution >= 0.6 is 7.82 Å². The van der Waals surface area contributed by atoms with Crippen LogP contribution in [0, 0.1) is 0 Å². The molecular weight excluding hydrogens is 840 g/mol. The number of aliphatic hydroxyl groups excluding tert-OH is 2. The summed E-state index contributed by atoms with van der Waals surface area (Å²) in [5.41, 5.74) is 0. The zero-order chi connectivity index (χ0) is 47.6. The fraction of sp³-hybridized carbons (Fsp3) is 0.926. The van der Waals surface area contributed by atoms with E-state index in [-0.39, 0.29) is 12.8 Å². The molecule has 0 saturated carbocycles. The molecule has 0 spiro atoms. The molecule has 10 nitrogen and oxygen atoms in total. The van der Waals surface area contributed by atoms with Gasteiger partial charge in [-0.05, 0) is 38.5 Å². The van der Waals surface area contributed by atoms with Crippen molar-refractivity contribution >= 4 is 19.8 Å². The molecule has 0 amide bonds. The highest BCUT2D eigenvalue weighted by molar-refractivity contribution is 7.47. The minimum atomic E-state index is -4.64. The molecule has 0 rings (SSSR count). The Hall–Kier alpha value is -1.29. The minimum absolute atomic E-state index is 0.194. The molecule has 11 heteroatoms. The third-order valence-electron chi connectivity index (χ3n) is 12.5. The van der Waals surface area contributed by atoms with Crippen LogP contribution in [0.1, 0.15) is 284 Å². The highest BCUT2D eigenvalue weighted by Gasteiger charge is 2.27. The summed E-state index contributed by atoms with van der Waals surface area (Å²) in [5.74, 6) is -1.00. The van der Waals surface area contributed by atoms with Crippen molar-refractivity contribution in [3.63, 3.8) is 0 Å². The van der Waals surface area contributed by atoms with Crippen molar-refractivity contribution in [3.05, 3.63) is 12.2 Å². The van der Waals surface area contributed by atoms with Gasteiger partial charge >= 0.3 is 19.8 Å². The Kier molecular flexibility index (Phi) is 49.6. The number of carbonyl (C=O) groups is 2. The second kappa shape index (κ2) is 50.6. The zero-order valence-electron chi connectivity index (χ0n) is 42.5. The lowest BCUT2D eigenvalue weighted by Crippen LogP contribution is -2.28. The molecule has 0 bridgehead atoms. The summed E-state index contributed by atoms with van der Waals surface area (Å²) in [5, 5.41) is 19.3. The molecule has 0 aliphatic rings. The fourth-order valence-corrected chi connectivity index (χ4v) is 9.02. The van der Waals surface area contributed by atoms with Gasteiger partial charge in [-0.3, -0.25) is 18.6 Å². The predicted molar refractivity (Wildman–Crippen MR) is 270 cm³/mol. The van der Waals surface area contributed by atoms with E-state index < -0.39 is 58.4 Å². The summed E-state index contributed by atoms with van der Waals surface area (Å²) in [6.07, 6.45) is 53.3. The van der Waals surface area contributed by atoms with E-state index in [9.17, 15) is 29.3 Å². The Morgan fingerprint density at radius 3 is 0.877 bits per heavy atom. The molecule has 0 heterocycles. The number of esters is 2. The van der Waals surface area contributed by atoms with E-state index in [0.717, 1.165) is 38.5 Å². The Morgan fingerprint density at radius 2 is 0.631 bits per heavy atom. The number of phosphoric acid groups is 1. The number of hydrogen-bond acceptors (Lipinski definition) is 9. The number of rotatable bonds is 53. The van der Waals surface area contributed by atoms with Crippen molar-refractivity contribution in [1.29, 1.82) is 0 Å². The maximum Gasteiger partial charge on any atom is 0.472 e. The maximum absolute atomic E-state index is 12.4. The van der Waals surface area contributed by atoms with E-state index in [1.54, 1.807) is 0 Å². The molecule has 386 valence electrons. The van der Waals surface area contributed by atoms with Crippen LogP contribution in [0.3, 0.4) is 0 Å². The van der Waals surface area contributed by atoms with Gasteiger partial charge in [0.2, 0.25) is 0 Å². The van der Waals surface area contributed by atoms with Crippen LogP contribution < -0.4 is 0 Å². The largest absolute Gasteiger partial charge is 0.472 e. The number of carbonyl (C=O) groups excluding carboxylic acids is 2. The number of ether oxygens (including phenoxy) is 2. The van der Waals surface area contributed by atoms with Gasteiger partial charge in [-0.25, -0.2) is 4.57 Å². The van der Waals surface area contributed by atoms with Crippen LogP contribution in [0.5, 0.6) is 0 Å². The topological polar surface area (TPSA) is 149 Å². The van der Waals surface area contributed by atoms with E-state index in [0.29, 0.717) is 12.8 Å². The van der Waals surface area contributed by atoms with Gasteiger partial charge < -0.3 is 24.6 Å². The van der Waals surface area contributed by atoms with Crippen molar-refractivity contribution in [2.24, 2.45) is 0 Å². The third kappa shape index (κ3) is 49.0. The van der Waals surface area contributed by atoms with Gasteiger partial charge in [0.15, 0.2) is 0 Å². The first kappa shape index (κ1) is 63.7. The molecule has 3 atom stereocenters. The lowest BCUT2D eigenvalue weighted by Gasteiger charge is -2.20. The van der Waals surface area contributed by atoms with Crippen LogP contribution in [0.15, 0.2) is 12.2 Å². The minimum Gasteiger partial charge on any atom is -0.457 e. The van der Waals surface area contributed by atoms with Gasteiger partial charge in [0.05, 0.1) is 26.4 Å². The number of unbranched alkanes of at least 4 members (excludes halogenated alkanes) is 37. The molecule has 0 fully saturated rings. The maximum atomic E-state index is 12.4. The smallest absolute Gasteiger partial charge is 0.457 e. The summed E-state index contributed by atoms with van der Waals surface area (Å²) in [4.78, 5) is 34.7. The van der Waals surface area contributed by atoms with E-state index in [4.69, 9.17) is 18.5 Å². The summed E-state index contributed by atoms with van der Waals surface area (Å²) in [7, 11) is -4.64. The van der Waals surface area contributed by atoms with Crippen LogP contribution in [0.4, 0.5) is 0 Å². The SMILES string of the molecule is CCCCCCCCCC/C=C\CCCCCCCCCCCC(=O)OC(CO)COP(=O)(O)OCC(CO)OC(=O)CCCCCCCCCCCCCCCCCCCCCCC. The van der Waals surface area contributed by atoms with Gasteiger partial charge in [0, 0.05) is 12.8 Å². The fourth-order valence-electron chi connectivity index (χ4n) is 8.23. The quantitative estimate of drug-likeness (QED) is 0.0233. The van der Waals surface area contributed by atoms with E-state index >= 15 is 0 Å². The van der Waals surface area contributed by atoms with Crippen molar-refractivity contribution in [3.8, 4) is 0 Å². The number of phosphoric ester groups is 1. The first-order valence-corrected chi connectivity index (χ1v) is 29.1. The second-order valence-electron chi connectivity index (χ2n) is 18.9. The lowest BCUT2D eigenvalue weighted by atomic mass is 10.0. The molecule has 0 aromatic rings. The van der Waals surface area contributed by atoms with Gasteiger partial charge in [-0.15, -0.1) is 0 Å². The van der Waals surface area contributed by atoms with Crippen LogP contribution in [0.2, 0.25) is 0 Å². The summed E-state index contributed by atoms with van der Waals surface area (Å²) >= 11 is 0. The normalized spacial score (nSPS) is 13.6. The molecule has 0 radical (unpaired) electrons. The van der Waals surface area contributed by atoms with Crippen molar-refractivity contribution < 1.29 is 47.8 Å². The van der Waals surface area contributed by atoms with Crippen LogP contribution in [-0.2, 0) is 32.7 Å². The first-order valence-electron chi connectivity index (χ1n) is 27.6. The predicted octanol–water partition coefficient (Wildman–Crippen LogP) is 15.9.